The zero-order valence-electron chi connectivity index (χ0n) is 16.6. The van der Waals surface area contributed by atoms with E-state index >= 15 is 0 Å². The van der Waals surface area contributed by atoms with E-state index < -0.39 is 5.97 Å². The van der Waals surface area contributed by atoms with E-state index in [-0.39, 0.29) is 11.7 Å². The van der Waals surface area contributed by atoms with Crippen molar-refractivity contribution < 1.29 is 23.4 Å². The third-order valence-electron chi connectivity index (χ3n) is 5.91. The molecule has 1 saturated heterocycles. The Kier molecular flexibility index (Phi) is 5.05. The molecule has 2 aliphatic rings. The van der Waals surface area contributed by atoms with Gasteiger partial charge in [-0.05, 0) is 60.2 Å². The lowest BCUT2D eigenvalue weighted by Crippen LogP contribution is -2.49. The Balaban J connectivity index is 1.27. The van der Waals surface area contributed by atoms with Gasteiger partial charge in [-0.3, -0.25) is 9.69 Å². The Morgan fingerprint density at radius 1 is 1.13 bits per heavy atom. The summed E-state index contributed by atoms with van der Waals surface area (Å²) >= 11 is 0. The van der Waals surface area contributed by atoms with Crippen molar-refractivity contribution in [3.05, 3.63) is 59.4 Å². The number of aliphatic carboxylic acids is 1. The first-order valence-electron chi connectivity index (χ1n) is 10.4. The molecule has 6 heteroatoms. The third-order valence-corrected chi connectivity index (χ3v) is 5.91. The molecule has 2 fully saturated rings. The van der Waals surface area contributed by atoms with Gasteiger partial charge in [0.2, 0.25) is 0 Å². The van der Waals surface area contributed by atoms with E-state index in [1.807, 2.05) is 35.2 Å². The van der Waals surface area contributed by atoms with Crippen molar-refractivity contribution in [2.24, 2.45) is 11.8 Å². The summed E-state index contributed by atoms with van der Waals surface area (Å²) in [4.78, 5) is 12.9. The van der Waals surface area contributed by atoms with Crippen molar-refractivity contribution >= 4 is 16.9 Å². The lowest BCUT2D eigenvalue weighted by atomic mass is 9.99. The molecule has 0 bridgehead atoms. The minimum absolute atomic E-state index is 0.311. The van der Waals surface area contributed by atoms with Crippen molar-refractivity contribution in [3.8, 4) is 11.3 Å². The Bertz CT molecular complexity index is 1080. The quantitative estimate of drug-likeness (QED) is 0.585. The number of fused-ring (bicyclic) bond motifs is 1. The van der Waals surface area contributed by atoms with Crippen molar-refractivity contribution in [3.63, 3.8) is 0 Å². The van der Waals surface area contributed by atoms with E-state index in [2.05, 4.69) is 0 Å². The topological polar surface area (TPSA) is 62.9 Å². The fraction of sp³-hybridized carbons (Fsp3) is 0.375. The maximum absolute atomic E-state index is 14.8. The van der Waals surface area contributed by atoms with E-state index in [4.69, 9.17) is 14.3 Å². The summed E-state index contributed by atoms with van der Waals surface area (Å²) in [6.45, 7) is 2.96. The van der Waals surface area contributed by atoms with Gasteiger partial charge in [0, 0.05) is 31.6 Å². The molecule has 30 heavy (non-hydrogen) atoms. The normalized spacial score (nSPS) is 17.4. The number of likely N-dealkylation sites (tertiary alicyclic amines) is 1. The molecule has 1 aliphatic heterocycles. The van der Waals surface area contributed by atoms with Gasteiger partial charge in [-0.15, -0.1) is 0 Å². The highest BCUT2D eigenvalue weighted by molar-refractivity contribution is 5.83. The van der Waals surface area contributed by atoms with Crippen molar-refractivity contribution in [1.29, 1.82) is 0 Å². The number of carbonyl (C=O) groups is 1. The average Bonchev–Trinajstić information content (AvgIpc) is 3.41. The number of furan rings is 1. The number of carboxylic acids is 1. The van der Waals surface area contributed by atoms with Crippen LogP contribution in [0.1, 0.15) is 24.0 Å². The van der Waals surface area contributed by atoms with Crippen molar-refractivity contribution in [1.82, 2.24) is 4.90 Å². The molecule has 0 spiro atoms. The molecule has 0 unspecified atom stereocenters. The van der Waals surface area contributed by atoms with Gasteiger partial charge in [0.05, 0.1) is 18.1 Å². The van der Waals surface area contributed by atoms with E-state index in [0.717, 1.165) is 34.6 Å². The molecule has 0 radical (unpaired) electrons. The number of halogens is 1. The van der Waals surface area contributed by atoms with Gasteiger partial charge in [-0.1, -0.05) is 12.1 Å². The van der Waals surface area contributed by atoms with Gasteiger partial charge in [0.15, 0.2) is 0 Å². The molecule has 2 aromatic carbocycles. The Labute approximate surface area is 174 Å². The van der Waals surface area contributed by atoms with Crippen LogP contribution in [0, 0.1) is 17.7 Å². The molecule has 3 aromatic rings. The van der Waals surface area contributed by atoms with Crippen molar-refractivity contribution in [2.75, 3.05) is 19.7 Å². The fourth-order valence-corrected chi connectivity index (χ4v) is 3.91. The molecule has 1 saturated carbocycles. The maximum Gasteiger partial charge on any atom is 0.309 e. The molecule has 1 aromatic heterocycles. The second-order valence-electron chi connectivity index (χ2n) is 8.48. The van der Waals surface area contributed by atoms with Crippen LogP contribution in [-0.4, -0.2) is 35.7 Å². The minimum atomic E-state index is -0.768. The lowest BCUT2D eigenvalue weighted by Gasteiger charge is -2.36. The second-order valence-corrected chi connectivity index (χ2v) is 8.48. The predicted molar refractivity (Wildman–Crippen MR) is 110 cm³/mol. The lowest BCUT2D eigenvalue weighted by molar-refractivity contribution is -0.147. The van der Waals surface area contributed by atoms with Crippen LogP contribution >= 0.6 is 0 Å². The molecule has 1 aliphatic carbocycles. The summed E-state index contributed by atoms with van der Waals surface area (Å²) in [5.41, 5.74) is 3.06. The van der Waals surface area contributed by atoms with Gasteiger partial charge in [0.25, 0.3) is 0 Å². The molecular weight excluding hydrogens is 385 g/mol. The summed E-state index contributed by atoms with van der Waals surface area (Å²) in [6.07, 6.45) is 2.55. The standard InChI is InChI=1S/C24H24FNO4/c25-21-8-16(10-26-11-19(12-26)24(27)28)3-5-20(21)23-9-18-7-17(4-6-22(18)30-23)14-29-13-15-1-2-15/h3-9,15,19H,1-2,10-14H2,(H,27,28). The summed E-state index contributed by atoms with van der Waals surface area (Å²) in [7, 11) is 0. The first-order chi connectivity index (χ1) is 14.5. The fourth-order valence-electron chi connectivity index (χ4n) is 3.91. The Morgan fingerprint density at radius 2 is 1.93 bits per heavy atom. The van der Waals surface area contributed by atoms with Crippen LogP contribution < -0.4 is 0 Å². The first-order valence-corrected chi connectivity index (χ1v) is 10.4. The number of carboxylic acid groups (broad SMARTS) is 1. The highest BCUT2D eigenvalue weighted by Gasteiger charge is 2.32. The van der Waals surface area contributed by atoms with Crippen LogP contribution in [0.2, 0.25) is 0 Å². The largest absolute Gasteiger partial charge is 0.481 e. The summed E-state index contributed by atoms with van der Waals surface area (Å²) < 4.78 is 26.4. The number of hydrogen-bond acceptors (Lipinski definition) is 4. The second kappa shape index (κ2) is 7.85. The van der Waals surface area contributed by atoms with Crippen LogP contribution in [0.4, 0.5) is 4.39 Å². The highest BCUT2D eigenvalue weighted by atomic mass is 19.1. The number of benzene rings is 2. The molecule has 156 valence electrons. The average molecular weight is 409 g/mol. The minimum Gasteiger partial charge on any atom is -0.481 e. The predicted octanol–water partition coefficient (Wildman–Crippen LogP) is 4.68. The van der Waals surface area contributed by atoms with Crippen LogP contribution in [-0.2, 0) is 22.7 Å². The van der Waals surface area contributed by atoms with Crippen LogP contribution in [0.25, 0.3) is 22.3 Å². The smallest absolute Gasteiger partial charge is 0.309 e. The zero-order chi connectivity index (χ0) is 20.7. The summed E-state index contributed by atoms with van der Waals surface area (Å²) in [5, 5.41) is 9.90. The zero-order valence-corrected chi connectivity index (χ0v) is 16.6. The van der Waals surface area contributed by atoms with Crippen LogP contribution in [0.5, 0.6) is 0 Å². The first kappa shape index (κ1) is 19.3. The summed E-state index contributed by atoms with van der Waals surface area (Å²) in [5.74, 6) is -0.182. The monoisotopic (exact) mass is 409 g/mol. The van der Waals surface area contributed by atoms with Gasteiger partial charge in [-0.25, -0.2) is 4.39 Å². The molecular formula is C24H24FNO4. The SMILES string of the molecule is O=C(O)C1CN(Cc2ccc(-c3cc4cc(COCC5CC5)ccc4o3)c(F)c2)C1. The molecule has 5 rings (SSSR count). The number of ether oxygens (including phenoxy) is 1. The third kappa shape index (κ3) is 4.11. The van der Waals surface area contributed by atoms with Gasteiger partial charge < -0.3 is 14.3 Å². The molecule has 2 heterocycles. The van der Waals surface area contributed by atoms with E-state index in [9.17, 15) is 9.18 Å². The number of hydrogen-bond donors (Lipinski definition) is 1. The Morgan fingerprint density at radius 3 is 2.67 bits per heavy atom. The van der Waals surface area contributed by atoms with Crippen molar-refractivity contribution in [2.45, 2.75) is 26.0 Å². The van der Waals surface area contributed by atoms with Gasteiger partial charge in [0.1, 0.15) is 17.2 Å². The maximum atomic E-state index is 14.8. The van der Waals surface area contributed by atoms with Gasteiger partial charge >= 0.3 is 5.97 Å². The molecule has 5 nitrogen and oxygen atoms in total. The summed E-state index contributed by atoms with van der Waals surface area (Å²) in [6, 6.07) is 12.9. The molecule has 1 N–H and O–H groups in total. The Hall–Kier alpha value is -2.70. The number of nitrogens with zero attached hydrogens (tertiary/aromatic N) is 1. The van der Waals surface area contributed by atoms with E-state index in [1.165, 1.54) is 18.9 Å². The van der Waals surface area contributed by atoms with E-state index in [0.29, 0.717) is 37.6 Å². The number of rotatable bonds is 8. The van der Waals surface area contributed by atoms with E-state index in [1.54, 1.807) is 6.07 Å². The molecule has 0 amide bonds. The molecule has 0 atom stereocenters. The highest BCUT2D eigenvalue weighted by Crippen LogP contribution is 2.32. The van der Waals surface area contributed by atoms with Gasteiger partial charge in [-0.2, -0.15) is 0 Å². The van der Waals surface area contributed by atoms with Crippen LogP contribution in [0.15, 0.2) is 46.9 Å². The van der Waals surface area contributed by atoms with Crippen LogP contribution in [0.3, 0.4) is 0 Å².